The molecule has 1 aromatic rings. The van der Waals surface area contributed by atoms with E-state index in [1.54, 1.807) is 14.2 Å². The minimum Gasteiger partial charge on any atom is -0.374 e. The summed E-state index contributed by atoms with van der Waals surface area (Å²) in [5.41, 5.74) is 3.51. The molecule has 0 aromatic carbocycles. The lowest BCUT2D eigenvalue weighted by atomic mass is 10.0. The molecule has 6 heteroatoms. The van der Waals surface area contributed by atoms with Gasteiger partial charge in [-0.05, 0) is 26.2 Å². The van der Waals surface area contributed by atoms with Gasteiger partial charge in [0.1, 0.15) is 12.2 Å². The highest BCUT2D eigenvalue weighted by Gasteiger charge is 2.23. The normalized spacial score (nSPS) is 16.2. The highest BCUT2D eigenvalue weighted by atomic mass is 16.5. The molecule has 0 fully saturated rings. The van der Waals surface area contributed by atoms with Crippen molar-refractivity contribution in [3.05, 3.63) is 11.6 Å². The molecule has 1 aromatic heterocycles. The molecule has 0 aliphatic rings. The zero-order chi connectivity index (χ0) is 15.3. The van der Waals surface area contributed by atoms with E-state index in [2.05, 4.69) is 36.4 Å². The van der Waals surface area contributed by atoms with Gasteiger partial charge >= 0.3 is 0 Å². The van der Waals surface area contributed by atoms with Crippen molar-refractivity contribution in [1.82, 2.24) is 14.9 Å². The number of aromatic nitrogens is 3. The molecule has 0 amide bonds. The molecule has 0 aliphatic heterocycles. The summed E-state index contributed by atoms with van der Waals surface area (Å²) in [6.45, 7) is 10.5. The molecule has 0 aliphatic carbocycles. The van der Waals surface area contributed by atoms with Crippen LogP contribution < -0.4 is 5.43 Å². The molecule has 0 saturated carbocycles. The van der Waals surface area contributed by atoms with Gasteiger partial charge in [-0.3, -0.25) is 0 Å². The second kappa shape index (κ2) is 7.59. The molecule has 0 spiro atoms. The van der Waals surface area contributed by atoms with Crippen molar-refractivity contribution >= 4 is 0 Å². The van der Waals surface area contributed by atoms with E-state index in [-0.39, 0.29) is 12.2 Å². The first-order chi connectivity index (χ1) is 9.46. The van der Waals surface area contributed by atoms with Gasteiger partial charge in [0.05, 0.1) is 0 Å². The molecule has 6 nitrogen and oxygen atoms in total. The molecule has 20 heavy (non-hydrogen) atoms. The number of hydrogen-bond acceptors (Lipinski definition) is 5. The highest BCUT2D eigenvalue weighted by Crippen LogP contribution is 2.20. The minimum atomic E-state index is -0.127. The third-order valence-corrected chi connectivity index (χ3v) is 3.69. The van der Waals surface area contributed by atoms with Crippen molar-refractivity contribution in [1.29, 1.82) is 0 Å². The van der Waals surface area contributed by atoms with E-state index >= 15 is 0 Å². The van der Waals surface area contributed by atoms with Gasteiger partial charge in [0, 0.05) is 20.3 Å². The van der Waals surface area contributed by atoms with Gasteiger partial charge in [0.2, 0.25) is 0 Å². The van der Waals surface area contributed by atoms with E-state index in [0.29, 0.717) is 12.0 Å². The SMILES string of the molecule is CCC(Nn1c(C(C)OC)nnc1C(C)OC)C(C)C. The number of methoxy groups -OCH3 is 2. The van der Waals surface area contributed by atoms with Crippen LogP contribution in [0.15, 0.2) is 0 Å². The van der Waals surface area contributed by atoms with E-state index in [4.69, 9.17) is 9.47 Å². The van der Waals surface area contributed by atoms with Crippen molar-refractivity contribution in [2.75, 3.05) is 19.6 Å². The highest BCUT2D eigenvalue weighted by molar-refractivity contribution is 5.05. The molecule has 3 atom stereocenters. The predicted octanol–water partition coefficient (Wildman–Crippen LogP) is 2.67. The van der Waals surface area contributed by atoms with Crippen molar-refractivity contribution in [2.24, 2.45) is 5.92 Å². The first-order valence-electron chi connectivity index (χ1n) is 7.23. The lowest BCUT2D eigenvalue weighted by Crippen LogP contribution is -2.35. The third-order valence-electron chi connectivity index (χ3n) is 3.69. The molecule has 1 rings (SSSR count). The van der Waals surface area contributed by atoms with Gasteiger partial charge in [0.25, 0.3) is 0 Å². The van der Waals surface area contributed by atoms with Crippen molar-refractivity contribution in [2.45, 2.75) is 59.3 Å². The lowest BCUT2D eigenvalue weighted by Gasteiger charge is -2.26. The summed E-state index contributed by atoms with van der Waals surface area (Å²) in [6, 6.07) is 0.344. The van der Waals surface area contributed by atoms with Gasteiger partial charge in [-0.15, -0.1) is 10.2 Å². The second-order valence-electron chi connectivity index (χ2n) is 5.40. The summed E-state index contributed by atoms with van der Waals surface area (Å²) in [5.74, 6) is 2.05. The number of ether oxygens (including phenoxy) is 2. The second-order valence-corrected chi connectivity index (χ2v) is 5.40. The smallest absolute Gasteiger partial charge is 0.180 e. The fraction of sp³-hybridized carbons (Fsp3) is 0.857. The van der Waals surface area contributed by atoms with Crippen LogP contribution in [0.1, 0.15) is 64.9 Å². The number of rotatable bonds is 8. The van der Waals surface area contributed by atoms with Crippen LogP contribution in [-0.4, -0.2) is 35.1 Å². The van der Waals surface area contributed by atoms with Crippen LogP contribution in [-0.2, 0) is 9.47 Å². The Morgan fingerprint density at radius 3 is 1.75 bits per heavy atom. The minimum absolute atomic E-state index is 0.127. The van der Waals surface area contributed by atoms with E-state index in [9.17, 15) is 0 Å². The van der Waals surface area contributed by atoms with E-state index in [1.807, 2.05) is 18.5 Å². The van der Waals surface area contributed by atoms with Crippen LogP contribution in [0.4, 0.5) is 0 Å². The molecular weight excluding hydrogens is 256 g/mol. The van der Waals surface area contributed by atoms with Crippen LogP contribution in [0, 0.1) is 5.92 Å². The molecule has 0 saturated heterocycles. The Morgan fingerprint density at radius 2 is 1.45 bits per heavy atom. The summed E-state index contributed by atoms with van der Waals surface area (Å²) in [7, 11) is 3.34. The first kappa shape index (κ1) is 16.9. The Bertz CT molecular complexity index is 378. The van der Waals surface area contributed by atoms with Crippen LogP contribution in [0.25, 0.3) is 0 Å². The molecule has 1 N–H and O–H groups in total. The largest absolute Gasteiger partial charge is 0.374 e. The Hall–Kier alpha value is -1.14. The Balaban J connectivity index is 3.13. The van der Waals surface area contributed by atoms with Crippen LogP contribution in [0.5, 0.6) is 0 Å². The van der Waals surface area contributed by atoms with Gasteiger partial charge in [-0.1, -0.05) is 20.8 Å². The van der Waals surface area contributed by atoms with E-state index in [1.165, 1.54) is 0 Å². The molecule has 116 valence electrons. The Kier molecular flexibility index (Phi) is 6.42. The Labute approximate surface area is 121 Å². The summed E-state index contributed by atoms with van der Waals surface area (Å²) in [6.07, 6.45) is 0.771. The monoisotopic (exact) mass is 284 g/mol. The quantitative estimate of drug-likeness (QED) is 0.795. The molecule has 3 unspecified atom stereocenters. The lowest BCUT2D eigenvalue weighted by molar-refractivity contribution is 0.101. The summed E-state index contributed by atoms with van der Waals surface area (Å²) in [5, 5.41) is 8.50. The van der Waals surface area contributed by atoms with Crippen LogP contribution >= 0.6 is 0 Å². The summed E-state index contributed by atoms with van der Waals surface area (Å²) in [4.78, 5) is 0. The molecule has 0 bridgehead atoms. The van der Waals surface area contributed by atoms with Gasteiger partial charge in [-0.25, -0.2) is 4.68 Å². The Morgan fingerprint density at radius 1 is 1.00 bits per heavy atom. The fourth-order valence-electron chi connectivity index (χ4n) is 2.06. The number of nitrogens with zero attached hydrogens (tertiary/aromatic N) is 3. The fourth-order valence-corrected chi connectivity index (χ4v) is 2.06. The maximum Gasteiger partial charge on any atom is 0.180 e. The maximum absolute atomic E-state index is 5.38. The van der Waals surface area contributed by atoms with E-state index < -0.39 is 0 Å². The summed E-state index contributed by atoms with van der Waals surface area (Å²) >= 11 is 0. The maximum atomic E-state index is 5.38. The van der Waals surface area contributed by atoms with Crippen molar-refractivity contribution in [3.8, 4) is 0 Å². The zero-order valence-corrected chi connectivity index (χ0v) is 13.7. The number of hydrogen-bond donors (Lipinski definition) is 1. The average molecular weight is 284 g/mol. The third kappa shape index (κ3) is 3.70. The number of nitrogens with one attached hydrogen (secondary N) is 1. The van der Waals surface area contributed by atoms with Gasteiger partial charge < -0.3 is 14.9 Å². The molecular formula is C14H28N4O2. The van der Waals surface area contributed by atoms with Crippen LogP contribution in [0.2, 0.25) is 0 Å². The van der Waals surface area contributed by atoms with Crippen molar-refractivity contribution < 1.29 is 9.47 Å². The zero-order valence-electron chi connectivity index (χ0n) is 13.7. The van der Waals surface area contributed by atoms with Crippen LogP contribution in [0.3, 0.4) is 0 Å². The average Bonchev–Trinajstić information content (AvgIpc) is 2.86. The predicted molar refractivity (Wildman–Crippen MR) is 79.1 cm³/mol. The standard InChI is InChI=1S/C14H28N4O2/c1-8-12(9(2)3)17-18-13(10(4)19-6)15-16-14(18)11(5)20-7/h9-12,17H,8H2,1-7H3. The van der Waals surface area contributed by atoms with E-state index in [0.717, 1.165) is 18.1 Å². The topological polar surface area (TPSA) is 61.2 Å². The molecule has 1 heterocycles. The van der Waals surface area contributed by atoms with Gasteiger partial charge in [-0.2, -0.15) is 0 Å². The van der Waals surface area contributed by atoms with Crippen molar-refractivity contribution in [3.63, 3.8) is 0 Å². The van der Waals surface area contributed by atoms with Gasteiger partial charge in [0.15, 0.2) is 11.6 Å². The first-order valence-corrected chi connectivity index (χ1v) is 7.23. The summed E-state index contributed by atoms with van der Waals surface area (Å²) < 4.78 is 12.7. The molecule has 0 radical (unpaired) electrons.